The Kier molecular flexibility index (Phi) is 6.33. The van der Waals surface area contributed by atoms with Crippen molar-refractivity contribution in [2.75, 3.05) is 37.7 Å². The molecule has 1 aliphatic carbocycles. The number of hydrogen-bond donors (Lipinski definition) is 1. The number of amides is 2. The van der Waals surface area contributed by atoms with Crippen LogP contribution in [-0.2, 0) is 14.3 Å². The Bertz CT molecular complexity index is 705. The summed E-state index contributed by atoms with van der Waals surface area (Å²) in [5, 5.41) is 3.11. The van der Waals surface area contributed by atoms with E-state index in [1.165, 1.54) is 12.1 Å². The number of rotatable bonds is 4. The van der Waals surface area contributed by atoms with Gasteiger partial charge in [0.25, 0.3) is 0 Å². The van der Waals surface area contributed by atoms with Gasteiger partial charge in [-0.15, -0.1) is 0 Å². The van der Waals surface area contributed by atoms with Gasteiger partial charge in [0.05, 0.1) is 0 Å². The normalized spacial score (nSPS) is 27.7. The molecule has 1 atom stereocenters. The van der Waals surface area contributed by atoms with Crippen molar-refractivity contribution in [2.45, 2.75) is 50.7 Å². The van der Waals surface area contributed by atoms with Crippen LogP contribution in [0.5, 0.6) is 0 Å². The molecule has 158 valence electrons. The molecule has 1 aromatic rings. The van der Waals surface area contributed by atoms with Gasteiger partial charge in [0, 0.05) is 50.4 Å². The van der Waals surface area contributed by atoms with E-state index in [9.17, 15) is 14.0 Å². The number of carbonyl (C=O) groups excluding carboxylic acids is 2. The summed E-state index contributed by atoms with van der Waals surface area (Å²) in [6.45, 7) is 3.61. The third-order valence-electron chi connectivity index (χ3n) is 6.43. The summed E-state index contributed by atoms with van der Waals surface area (Å²) in [5.74, 6) is 0.0789. The molecule has 2 heterocycles. The van der Waals surface area contributed by atoms with Crippen molar-refractivity contribution in [1.29, 1.82) is 0 Å². The van der Waals surface area contributed by atoms with E-state index in [1.807, 2.05) is 4.90 Å². The third-order valence-corrected chi connectivity index (χ3v) is 6.43. The van der Waals surface area contributed by atoms with Gasteiger partial charge in [-0.25, -0.2) is 4.39 Å². The van der Waals surface area contributed by atoms with Crippen LogP contribution in [0.4, 0.5) is 10.1 Å². The number of nitrogens with zero attached hydrogens (tertiary/aromatic N) is 2. The first-order valence-corrected chi connectivity index (χ1v) is 10.8. The zero-order valence-corrected chi connectivity index (χ0v) is 16.8. The fourth-order valence-electron chi connectivity index (χ4n) is 4.66. The zero-order valence-electron chi connectivity index (χ0n) is 16.8. The molecule has 2 saturated heterocycles. The maximum atomic E-state index is 13.1. The van der Waals surface area contributed by atoms with Gasteiger partial charge >= 0.3 is 0 Å². The maximum absolute atomic E-state index is 13.1. The van der Waals surface area contributed by atoms with Crippen LogP contribution in [0.25, 0.3) is 0 Å². The molecule has 29 heavy (non-hydrogen) atoms. The van der Waals surface area contributed by atoms with E-state index in [0.717, 1.165) is 57.3 Å². The van der Waals surface area contributed by atoms with Crippen molar-refractivity contribution in [3.8, 4) is 0 Å². The van der Waals surface area contributed by atoms with Crippen LogP contribution in [0.1, 0.15) is 38.5 Å². The highest BCUT2D eigenvalue weighted by Crippen LogP contribution is 2.27. The number of carbonyl (C=O) groups is 2. The van der Waals surface area contributed by atoms with Crippen molar-refractivity contribution < 1.29 is 18.7 Å². The Morgan fingerprint density at radius 1 is 0.966 bits per heavy atom. The van der Waals surface area contributed by atoms with Crippen LogP contribution in [-0.4, -0.2) is 61.6 Å². The first-order chi connectivity index (χ1) is 14.1. The Morgan fingerprint density at radius 2 is 1.66 bits per heavy atom. The Labute approximate surface area is 171 Å². The molecular formula is C22H30FN3O3. The molecule has 1 saturated carbocycles. The first kappa shape index (κ1) is 20.1. The summed E-state index contributed by atoms with van der Waals surface area (Å²) >= 11 is 0. The largest absolute Gasteiger partial charge is 0.368 e. The van der Waals surface area contributed by atoms with Gasteiger partial charge in [-0.2, -0.15) is 0 Å². The van der Waals surface area contributed by atoms with Gasteiger partial charge in [0.2, 0.25) is 11.8 Å². The van der Waals surface area contributed by atoms with Crippen molar-refractivity contribution in [2.24, 2.45) is 5.92 Å². The summed E-state index contributed by atoms with van der Waals surface area (Å²) in [4.78, 5) is 29.3. The van der Waals surface area contributed by atoms with Crippen molar-refractivity contribution in [3.05, 3.63) is 30.1 Å². The topological polar surface area (TPSA) is 61.9 Å². The standard InChI is InChI=1S/C22H30FN3O3/c23-17-5-9-19(10-6-17)25-11-13-26(14-12-25)22(28)16-3-7-18(8-4-16)24-21(27)20-2-1-15-29-20/h5-6,9-10,16,18,20H,1-4,7-8,11-15H2,(H,24,27). The molecule has 0 spiro atoms. The fourth-order valence-corrected chi connectivity index (χ4v) is 4.66. The minimum atomic E-state index is -0.285. The van der Waals surface area contributed by atoms with Crippen LogP contribution in [0, 0.1) is 11.7 Å². The molecule has 2 aliphatic heterocycles. The van der Waals surface area contributed by atoms with E-state index >= 15 is 0 Å². The van der Waals surface area contributed by atoms with E-state index in [4.69, 9.17) is 4.74 Å². The number of nitrogens with one attached hydrogen (secondary N) is 1. The second-order valence-electron chi connectivity index (χ2n) is 8.35. The lowest BCUT2D eigenvalue weighted by atomic mass is 9.85. The lowest BCUT2D eigenvalue weighted by molar-refractivity contribution is -0.137. The molecule has 2 amide bonds. The molecule has 0 aromatic heterocycles. The minimum Gasteiger partial charge on any atom is -0.368 e. The van der Waals surface area contributed by atoms with Crippen molar-refractivity contribution in [1.82, 2.24) is 10.2 Å². The number of anilines is 1. The van der Waals surface area contributed by atoms with E-state index in [-0.39, 0.29) is 35.7 Å². The summed E-state index contributed by atoms with van der Waals surface area (Å²) in [5.41, 5.74) is 1.00. The summed E-state index contributed by atoms with van der Waals surface area (Å²) in [7, 11) is 0. The van der Waals surface area contributed by atoms with Crippen molar-refractivity contribution >= 4 is 17.5 Å². The molecule has 1 N–H and O–H groups in total. The molecule has 3 aliphatic rings. The van der Waals surface area contributed by atoms with Gasteiger partial charge in [-0.05, 0) is 62.8 Å². The van der Waals surface area contributed by atoms with E-state index in [2.05, 4.69) is 10.2 Å². The monoisotopic (exact) mass is 403 g/mol. The van der Waals surface area contributed by atoms with Crippen LogP contribution >= 0.6 is 0 Å². The smallest absolute Gasteiger partial charge is 0.249 e. The summed E-state index contributed by atoms with van der Waals surface area (Å²) in [6.07, 6.45) is 4.83. The average molecular weight is 403 g/mol. The molecule has 0 bridgehead atoms. The van der Waals surface area contributed by atoms with Crippen LogP contribution < -0.4 is 10.2 Å². The number of hydrogen-bond acceptors (Lipinski definition) is 4. The Hall–Kier alpha value is -2.15. The van der Waals surface area contributed by atoms with E-state index in [1.54, 1.807) is 12.1 Å². The fraction of sp³-hybridized carbons (Fsp3) is 0.636. The minimum absolute atomic E-state index is 0.00851. The molecule has 0 radical (unpaired) electrons. The predicted octanol–water partition coefficient (Wildman–Crippen LogP) is 2.33. The van der Waals surface area contributed by atoms with Crippen LogP contribution in [0.15, 0.2) is 24.3 Å². The number of ether oxygens (including phenoxy) is 1. The lowest BCUT2D eigenvalue weighted by Gasteiger charge is -2.39. The van der Waals surface area contributed by atoms with Gasteiger partial charge in [-0.1, -0.05) is 0 Å². The van der Waals surface area contributed by atoms with E-state index in [0.29, 0.717) is 19.7 Å². The van der Waals surface area contributed by atoms with Crippen LogP contribution in [0.2, 0.25) is 0 Å². The number of halogens is 1. The summed E-state index contributed by atoms with van der Waals surface area (Å²) < 4.78 is 18.5. The zero-order chi connectivity index (χ0) is 20.2. The molecule has 3 fully saturated rings. The third kappa shape index (κ3) is 4.89. The molecular weight excluding hydrogens is 373 g/mol. The molecule has 1 aromatic carbocycles. The average Bonchev–Trinajstić information content (AvgIpc) is 3.30. The summed E-state index contributed by atoms with van der Waals surface area (Å²) in [6, 6.07) is 6.69. The van der Waals surface area contributed by atoms with Gasteiger partial charge in [0.15, 0.2) is 0 Å². The highest BCUT2D eigenvalue weighted by atomic mass is 19.1. The second kappa shape index (κ2) is 9.11. The molecule has 6 nitrogen and oxygen atoms in total. The first-order valence-electron chi connectivity index (χ1n) is 10.8. The SMILES string of the molecule is O=C(NC1CCC(C(=O)N2CCN(c3ccc(F)cc3)CC2)CC1)C1CCCO1. The van der Waals surface area contributed by atoms with E-state index < -0.39 is 0 Å². The quantitative estimate of drug-likeness (QED) is 0.838. The molecule has 4 rings (SSSR count). The highest BCUT2D eigenvalue weighted by Gasteiger charge is 2.33. The van der Waals surface area contributed by atoms with Crippen molar-refractivity contribution in [3.63, 3.8) is 0 Å². The number of piperazine rings is 1. The number of benzene rings is 1. The highest BCUT2D eigenvalue weighted by molar-refractivity contribution is 5.81. The Balaban J connectivity index is 1.21. The maximum Gasteiger partial charge on any atom is 0.249 e. The predicted molar refractivity (Wildman–Crippen MR) is 108 cm³/mol. The Morgan fingerprint density at radius 3 is 2.28 bits per heavy atom. The van der Waals surface area contributed by atoms with Gasteiger partial charge in [0.1, 0.15) is 11.9 Å². The molecule has 1 unspecified atom stereocenters. The molecule has 7 heteroatoms. The van der Waals surface area contributed by atoms with Crippen LogP contribution in [0.3, 0.4) is 0 Å². The lowest BCUT2D eigenvalue weighted by Crippen LogP contribution is -2.51. The second-order valence-corrected chi connectivity index (χ2v) is 8.35. The van der Waals surface area contributed by atoms with Gasteiger partial charge in [-0.3, -0.25) is 9.59 Å². The van der Waals surface area contributed by atoms with Gasteiger partial charge < -0.3 is 19.9 Å².